The molecule has 0 saturated carbocycles. The van der Waals surface area contributed by atoms with Crippen LogP contribution in [0.15, 0.2) is 0 Å². The summed E-state index contributed by atoms with van der Waals surface area (Å²) < 4.78 is 0. The van der Waals surface area contributed by atoms with Gasteiger partial charge in [-0.15, -0.1) is 11.6 Å². The van der Waals surface area contributed by atoms with E-state index in [1.165, 1.54) is 6.42 Å². The van der Waals surface area contributed by atoms with Gasteiger partial charge in [-0.25, -0.2) is 4.79 Å². The molecule has 0 spiro atoms. The fraction of sp³-hybridized carbons (Fsp3) is 0.818. The van der Waals surface area contributed by atoms with Crippen molar-refractivity contribution in [1.82, 2.24) is 15.1 Å². The average molecular weight is 260 g/mol. The summed E-state index contributed by atoms with van der Waals surface area (Å²) in [7, 11) is 0. The van der Waals surface area contributed by atoms with Gasteiger partial charge in [0.1, 0.15) is 5.88 Å². The van der Waals surface area contributed by atoms with Crippen LogP contribution in [-0.4, -0.2) is 59.8 Å². The Balaban J connectivity index is 1.78. The number of rotatable bonds is 4. The highest BCUT2D eigenvalue weighted by atomic mass is 35.5. The molecule has 96 valence electrons. The molecule has 3 amide bonds. The molecule has 2 saturated heterocycles. The van der Waals surface area contributed by atoms with E-state index in [4.69, 9.17) is 11.6 Å². The van der Waals surface area contributed by atoms with Gasteiger partial charge >= 0.3 is 6.03 Å². The Kier molecular flexibility index (Phi) is 4.10. The van der Waals surface area contributed by atoms with Gasteiger partial charge in [-0.2, -0.15) is 0 Å². The standard InChI is InChI=1S/C11H18ClN3O2/c12-7-10(16)13-4-6-14-8-9-3-1-2-5-15(9)11(14)17/h9H,1-8H2,(H,13,16). The first kappa shape index (κ1) is 12.5. The van der Waals surface area contributed by atoms with Crippen LogP contribution < -0.4 is 5.32 Å². The molecule has 6 heteroatoms. The number of nitrogens with one attached hydrogen (secondary N) is 1. The van der Waals surface area contributed by atoms with Gasteiger partial charge in [0.05, 0.1) is 6.04 Å². The second kappa shape index (κ2) is 5.58. The zero-order valence-corrected chi connectivity index (χ0v) is 10.6. The molecule has 0 aromatic heterocycles. The smallest absolute Gasteiger partial charge is 0.320 e. The van der Waals surface area contributed by atoms with Crippen molar-refractivity contribution in [2.75, 3.05) is 32.1 Å². The molecule has 0 bridgehead atoms. The first-order chi connectivity index (χ1) is 8.22. The molecule has 2 fully saturated rings. The lowest BCUT2D eigenvalue weighted by atomic mass is 10.0. The van der Waals surface area contributed by atoms with Crippen molar-refractivity contribution in [1.29, 1.82) is 0 Å². The molecular weight excluding hydrogens is 242 g/mol. The highest BCUT2D eigenvalue weighted by Gasteiger charge is 2.37. The summed E-state index contributed by atoms with van der Waals surface area (Å²) in [5.41, 5.74) is 0. The number of hydrogen-bond donors (Lipinski definition) is 1. The van der Waals surface area contributed by atoms with E-state index >= 15 is 0 Å². The summed E-state index contributed by atoms with van der Waals surface area (Å²) >= 11 is 5.37. The van der Waals surface area contributed by atoms with E-state index in [1.807, 2.05) is 9.80 Å². The number of alkyl halides is 1. The number of urea groups is 1. The number of piperidine rings is 1. The SMILES string of the molecule is O=C(CCl)NCCN1CC2CCCCN2C1=O. The van der Waals surface area contributed by atoms with Gasteiger partial charge in [0.15, 0.2) is 0 Å². The second-order valence-electron chi connectivity index (χ2n) is 4.56. The van der Waals surface area contributed by atoms with E-state index in [1.54, 1.807) is 0 Å². The minimum Gasteiger partial charge on any atom is -0.353 e. The Bertz CT molecular complexity index is 311. The zero-order valence-electron chi connectivity index (χ0n) is 9.82. The predicted molar refractivity (Wildman–Crippen MR) is 65.0 cm³/mol. The quantitative estimate of drug-likeness (QED) is 0.753. The molecule has 0 aromatic rings. The molecular formula is C11H18ClN3O2. The van der Waals surface area contributed by atoms with Crippen molar-refractivity contribution >= 4 is 23.5 Å². The number of hydrogen-bond acceptors (Lipinski definition) is 2. The van der Waals surface area contributed by atoms with Crippen LogP contribution in [-0.2, 0) is 4.79 Å². The molecule has 2 aliphatic heterocycles. The molecule has 1 unspecified atom stereocenters. The topological polar surface area (TPSA) is 52.7 Å². The lowest BCUT2D eigenvalue weighted by Gasteiger charge is -2.27. The first-order valence-electron chi connectivity index (χ1n) is 6.10. The fourth-order valence-corrected chi connectivity index (χ4v) is 2.62. The lowest BCUT2D eigenvalue weighted by Crippen LogP contribution is -2.40. The van der Waals surface area contributed by atoms with Crippen LogP contribution >= 0.6 is 11.6 Å². The molecule has 1 N–H and O–H groups in total. The van der Waals surface area contributed by atoms with Crippen LogP contribution in [0.25, 0.3) is 0 Å². The predicted octanol–water partition coefficient (Wildman–Crippen LogP) is 0.631. The third-order valence-corrected chi connectivity index (χ3v) is 3.64. The summed E-state index contributed by atoms with van der Waals surface area (Å²) in [5.74, 6) is -0.209. The Hall–Kier alpha value is -0.970. The zero-order chi connectivity index (χ0) is 12.3. The highest BCUT2D eigenvalue weighted by Crippen LogP contribution is 2.24. The summed E-state index contributed by atoms with van der Waals surface area (Å²) in [5, 5.41) is 2.68. The largest absolute Gasteiger partial charge is 0.353 e. The van der Waals surface area contributed by atoms with E-state index < -0.39 is 0 Å². The van der Waals surface area contributed by atoms with Crippen LogP contribution in [0.2, 0.25) is 0 Å². The Morgan fingerprint density at radius 3 is 3.00 bits per heavy atom. The van der Waals surface area contributed by atoms with Crippen molar-refractivity contribution in [3.63, 3.8) is 0 Å². The summed E-state index contributed by atoms with van der Waals surface area (Å²) in [6, 6.07) is 0.509. The van der Waals surface area contributed by atoms with E-state index in [-0.39, 0.29) is 17.8 Å². The molecule has 17 heavy (non-hydrogen) atoms. The lowest BCUT2D eigenvalue weighted by molar-refractivity contribution is -0.118. The van der Waals surface area contributed by atoms with E-state index in [9.17, 15) is 9.59 Å². The molecule has 2 aliphatic rings. The molecule has 2 rings (SSSR count). The maximum Gasteiger partial charge on any atom is 0.320 e. The third-order valence-electron chi connectivity index (χ3n) is 3.40. The van der Waals surface area contributed by atoms with Crippen molar-refractivity contribution < 1.29 is 9.59 Å². The Morgan fingerprint density at radius 1 is 1.47 bits per heavy atom. The maximum atomic E-state index is 12.0. The number of carbonyl (C=O) groups excluding carboxylic acids is 2. The third kappa shape index (κ3) is 2.83. The van der Waals surface area contributed by atoms with Crippen molar-refractivity contribution in [3.8, 4) is 0 Å². The summed E-state index contributed by atoms with van der Waals surface area (Å²) in [4.78, 5) is 26.7. The molecule has 0 aliphatic carbocycles. The number of amides is 3. The van der Waals surface area contributed by atoms with Crippen molar-refractivity contribution in [3.05, 3.63) is 0 Å². The van der Waals surface area contributed by atoms with Crippen LogP contribution in [0.3, 0.4) is 0 Å². The fourth-order valence-electron chi connectivity index (χ4n) is 2.52. The minimum absolute atomic E-state index is 0.0251. The molecule has 0 radical (unpaired) electrons. The summed E-state index contributed by atoms with van der Waals surface area (Å²) in [6.07, 6.45) is 3.43. The molecule has 0 aromatic carbocycles. The van der Waals surface area contributed by atoms with Crippen LogP contribution in [0.1, 0.15) is 19.3 Å². The van der Waals surface area contributed by atoms with Gasteiger partial charge in [0.2, 0.25) is 5.91 Å². The number of halogens is 1. The normalized spacial score (nSPS) is 23.8. The van der Waals surface area contributed by atoms with Crippen LogP contribution in [0, 0.1) is 0 Å². The average Bonchev–Trinajstić information content (AvgIpc) is 2.67. The van der Waals surface area contributed by atoms with Gasteiger partial charge in [-0.1, -0.05) is 0 Å². The monoisotopic (exact) mass is 259 g/mol. The van der Waals surface area contributed by atoms with Gasteiger partial charge in [0, 0.05) is 26.2 Å². The number of carbonyl (C=O) groups is 2. The van der Waals surface area contributed by atoms with Crippen molar-refractivity contribution in [2.24, 2.45) is 0 Å². The van der Waals surface area contributed by atoms with Crippen LogP contribution in [0.5, 0.6) is 0 Å². The first-order valence-corrected chi connectivity index (χ1v) is 6.64. The molecule has 1 atom stereocenters. The number of fused-ring (bicyclic) bond motifs is 1. The van der Waals surface area contributed by atoms with Crippen LogP contribution in [0.4, 0.5) is 4.79 Å². The summed E-state index contributed by atoms with van der Waals surface area (Å²) in [6.45, 7) is 2.75. The number of nitrogens with zero attached hydrogens (tertiary/aromatic N) is 2. The van der Waals surface area contributed by atoms with Gasteiger partial charge in [-0.05, 0) is 19.3 Å². The van der Waals surface area contributed by atoms with Gasteiger partial charge in [0.25, 0.3) is 0 Å². The molecule has 2 heterocycles. The van der Waals surface area contributed by atoms with E-state index in [2.05, 4.69) is 5.32 Å². The maximum absolute atomic E-state index is 12.0. The van der Waals surface area contributed by atoms with Crippen molar-refractivity contribution in [2.45, 2.75) is 25.3 Å². The second-order valence-corrected chi connectivity index (χ2v) is 4.82. The Morgan fingerprint density at radius 2 is 2.29 bits per heavy atom. The van der Waals surface area contributed by atoms with Gasteiger partial charge in [-0.3, -0.25) is 4.79 Å². The van der Waals surface area contributed by atoms with E-state index in [0.29, 0.717) is 19.1 Å². The van der Waals surface area contributed by atoms with Gasteiger partial charge < -0.3 is 15.1 Å². The van der Waals surface area contributed by atoms with E-state index in [0.717, 1.165) is 25.9 Å². The molecule has 5 nitrogen and oxygen atoms in total. The minimum atomic E-state index is -0.184. The Labute approximate surface area is 106 Å². The highest BCUT2D eigenvalue weighted by molar-refractivity contribution is 6.27.